The van der Waals surface area contributed by atoms with E-state index in [0.29, 0.717) is 11.5 Å². The van der Waals surface area contributed by atoms with Gasteiger partial charge < -0.3 is 13.7 Å². The van der Waals surface area contributed by atoms with Crippen LogP contribution in [0.15, 0.2) is 179 Å². The predicted molar refractivity (Wildman–Crippen MR) is 192 cm³/mol. The van der Waals surface area contributed by atoms with Gasteiger partial charge in [-0.1, -0.05) is 109 Å². The van der Waals surface area contributed by atoms with Gasteiger partial charge in [0.25, 0.3) is 0 Å². The average molecular weight is 605 g/mol. The third-order valence-corrected chi connectivity index (χ3v) is 8.71. The summed E-state index contributed by atoms with van der Waals surface area (Å²) in [5.74, 6) is 0.594. The molecule has 4 heteroatoms. The van der Waals surface area contributed by atoms with Gasteiger partial charge in [-0.3, -0.25) is 0 Å². The zero-order chi connectivity index (χ0) is 31.2. The fourth-order valence-corrected chi connectivity index (χ4v) is 6.41. The van der Waals surface area contributed by atoms with E-state index in [1.807, 2.05) is 54.6 Å². The van der Waals surface area contributed by atoms with Crippen molar-refractivity contribution in [3.8, 4) is 33.7 Å². The van der Waals surface area contributed by atoms with Gasteiger partial charge in [-0.2, -0.15) is 0 Å². The lowest BCUT2D eigenvalue weighted by atomic mass is 10.0. The third kappa shape index (κ3) is 4.84. The van der Waals surface area contributed by atoms with Crippen molar-refractivity contribution in [2.75, 3.05) is 4.90 Å². The second-order valence-electron chi connectivity index (χ2n) is 11.6. The first-order valence-corrected chi connectivity index (χ1v) is 15.7. The van der Waals surface area contributed by atoms with Gasteiger partial charge in [-0.15, -0.1) is 0 Å². The zero-order valence-electron chi connectivity index (χ0n) is 25.4. The van der Waals surface area contributed by atoms with E-state index in [4.69, 9.17) is 13.8 Å². The van der Waals surface area contributed by atoms with Crippen molar-refractivity contribution in [1.82, 2.24) is 4.98 Å². The van der Waals surface area contributed by atoms with Gasteiger partial charge >= 0.3 is 0 Å². The number of benzene rings is 7. The number of furan rings is 1. The first-order chi connectivity index (χ1) is 23.3. The number of rotatable bonds is 6. The molecule has 0 atom stereocenters. The Morgan fingerprint density at radius 3 is 1.51 bits per heavy atom. The van der Waals surface area contributed by atoms with E-state index in [9.17, 15) is 0 Å². The number of hydrogen-bond acceptors (Lipinski definition) is 4. The highest BCUT2D eigenvalue weighted by molar-refractivity contribution is 6.15. The summed E-state index contributed by atoms with van der Waals surface area (Å²) in [7, 11) is 0. The number of anilines is 3. The van der Waals surface area contributed by atoms with Crippen molar-refractivity contribution in [3.63, 3.8) is 0 Å². The molecule has 0 aliphatic carbocycles. The minimum atomic E-state index is 0.594. The summed E-state index contributed by atoms with van der Waals surface area (Å²) < 4.78 is 12.7. The quantitative estimate of drug-likeness (QED) is 0.189. The van der Waals surface area contributed by atoms with Crippen LogP contribution < -0.4 is 4.90 Å². The molecular formula is C43H28N2O2. The fraction of sp³-hybridized carbons (Fsp3) is 0. The molecule has 0 amide bonds. The summed E-state index contributed by atoms with van der Waals surface area (Å²) in [5.41, 5.74) is 11.8. The molecule has 9 aromatic rings. The van der Waals surface area contributed by atoms with Gasteiger partial charge in [0.15, 0.2) is 5.58 Å². The molecule has 0 aliphatic heterocycles. The van der Waals surface area contributed by atoms with Gasteiger partial charge in [-0.05, 0) is 76.9 Å². The number of hydrogen-bond donors (Lipinski definition) is 0. The monoisotopic (exact) mass is 604 g/mol. The molecular weight excluding hydrogens is 576 g/mol. The second-order valence-corrected chi connectivity index (χ2v) is 11.6. The molecule has 0 aliphatic rings. The lowest BCUT2D eigenvalue weighted by molar-refractivity contribution is 0.617. The topological polar surface area (TPSA) is 42.4 Å². The number of nitrogens with zero attached hydrogens (tertiary/aromatic N) is 2. The average Bonchev–Trinajstić information content (AvgIpc) is 3.73. The number of fused-ring (bicyclic) bond motifs is 4. The molecule has 47 heavy (non-hydrogen) atoms. The lowest BCUT2D eigenvalue weighted by Gasteiger charge is -2.26. The van der Waals surface area contributed by atoms with E-state index in [-0.39, 0.29) is 0 Å². The second kappa shape index (κ2) is 11.2. The Balaban J connectivity index is 1.22. The van der Waals surface area contributed by atoms with Crippen LogP contribution in [0.2, 0.25) is 0 Å². The maximum absolute atomic E-state index is 6.48. The Morgan fingerprint density at radius 1 is 0.404 bits per heavy atom. The van der Waals surface area contributed by atoms with Crippen LogP contribution in [0.3, 0.4) is 0 Å². The molecule has 0 fully saturated rings. The largest absolute Gasteiger partial charge is 0.456 e. The SMILES string of the molecule is c1ccc(-c2ccc(N(c3ccc(-c4ccccc4)cc3)c3cccc4oc5cc6oc(-c7ccccc7)nc6cc5c34)cc2)cc1. The summed E-state index contributed by atoms with van der Waals surface area (Å²) in [6.45, 7) is 0. The van der Waals surface area contributed by atoms with E-state index >= 15 is 0 Å². The maximum atomic E-state index is 6.48. The van der Waals surface area contributed by atoms with E-state index in [1.165, 1.54) is 22.3 Å². The standard InChI is InChI=1S/C43H28N2O2/c1-4-11-29(12-5-1)31-19-23-34(24-20-31)45(35-25-21-32(22-26-35)30-13-6-2-7-14-30)38-17-10-18-39-42(38)36-27-37-41(28-40(36)46-39)47-43(44-37)33-15-8-3-9-16-33/h1-28H. The molecule has 0 saturated carbocycles. The molecule has 2 heterocycles. The van der Waals surface area contributed by atoms with Crippen LogP contribution in [0.5, 0.6) is 0 Å². The van der Waals surface area contributed by atoms with Crippen LogP contribution >= 0.6 is 0 Å². The molecule has 0 saturated heterocycles. The van der Waals surface area contributed by atoms with Crippen molar-refractivity contribution >= 4 is 50.1 Å². The molecule has 0 radical (unpaired) electrons. The molecule has 0 spiro atoms. The number of oxazole rings is 1. The highest BCUT2D eigenvalue weighted by Gasteiger charge is 2.21. The van der Waals surface area contributed by atoms with Crippen molar-refractivity contribution in [2.24, 2.45) is 0 Å². The van der Waals surface area contributed by atoms with Crippen molar-refractivity contribution in [1.29, 1.82) is 0 Å². The molecule has 9 rings (SSSR count). The van der Waals surface area contributed by atoms with Gasteiger partial charge in [0, 0.05) is 28.4 Å². The van der Waals surface area contributed by atoms with Crippen LogP contribution in [0.1, 0.15) is 0 Å². The summed E-state index contributed by atoms with van der Waals surface area (Å²) in [6.07, 6.45) is 0. The molecule has 222 valence electrons. The van der Waals surface area contributed by atoms with E-state index in [1.54, 1.807) is 0 Å². The van der Waals surface area contributed by atoms with Gasteiger partial charge in [0.2, 0.25) is 5.89 Å². The Labute approximate surface area is 271 Å². The van der Waals surface area contributed by atoms with Crippen LogP contribution in [0, 0.1) is 0 Å². The van der Waals surface area contributed by atoms with Gasteiger partial charge in [0.1, 0.15) is 16.7 Å². The van der Waals surface area contributed by atoms with Crippen LogP contribution in [0.4, 0.5) is 17.1 Å². The summed E-state index contributed by atoms with van der Waals surface area (Å²) in [4.78, 5) is 7.17. The van der Waals surface area contributed by atoms with Gasteiger partial charge in [-0.25, -0.2) is 4.98 Å². The van der Waals surface area contributed by atoms with E-state index < -0.39 is 0 Å². The van der Waals surface area contributed by atoms with Crippen molar-refractivity contribution in [2.45, 2.75) is 0 Å². The lowest BCUT2D eigenvalue weighted by Crippen LogP contribution is -2.10. The minimum absolute atomic E-state index is 0.594. The molecule has 0 N–H and O–H groups in total. The van der Waals surface area contributed by atoms with Gasteiger partial charge in [0.05, 0.1) is 11.1 Å². The third-order valence-electron chi connectivity index (χ3n) is 8.71. The normalized spacial score (nSPS) is 11.4. The van der Waals surface area contributed by atoms with Crippen LogP contribution in [-0.2, 0) is 0 Å². The Morgan fingerprint density at radius 2 is 0.936 bits per heavy atom. The highest BCUT2D eigenvalue weighted by atomic mass is 16.4. The summed E-state index contributed by atoms with van der Waals surface area (Å²) in [5, 5.41) is 2.01. The highest BCUT2D eigenvalue weighted by Crippen LogP contribution is 2.44. The molecule has 7 aromatic carbocycles. The predicted octanol–water partition coefficient (Wildman–Crippen LogP) is 12.2. The Kier molecular flexibility index (Phi) is 6.43. The first-order valence-electron chi connectivity index (χ1n) is 15.7. The first kappa shape index (κ1) is 27.0. The zero-order valence-corrected chi connectivity index (χ0v) is 25.4. The van der Waals surface area contributed by atoms with Crippen LogP contribution in [-0.4, -0.2) is 4.98 Å². The molecule has 2 aromatic heterocycles. The summed E-state index contributed by atoms with van der Waals surface area (Å²) >= 11 is 0. The number of aromatic nitrogens is 1. The smallest absolute Gasteiger partial charge is 0.227 e. The van der Waals surface area contributed by atoms with Crippen LogP contribution in [0.25, 0.3) is 66.7 Å². The summed E-state index contributed by atoms with van der Waals surface area (Å²) in [6, 6.07) is 58.7. The Hall–Kier alpha value is -6.39. The Bertz CT molecular complexity index is 2400. The van der Waals surface area contributed by atoms with E-state index in [2.05, 4.69) is 120 Å². The molecule has 0 unspecified atom stereocenters. The van der Waals surface area contributed by atoms with E-state index in [0.717, 1.165) is 50.1 Å². The van der Waals surface area contributed by atoms with Crippen molar-refractivity contribution < 1.29 is 8.83 Å². The molecule has 0 bridgehead atoms. The minimum Gasteiger partial charge on any atom is -0.456 e. The van der Waals surface area contributed by atoms with Crippen molar-refractivity contribution in [3.05, 3.63) is 170 Å². The fourth-order valence-electron chi connectivity index (χ4n) is 6.41. The molecule has 4 nitrogen and oxygen atoms in total. The maximum Gasteiger partial charge on any atom is 0.227 e.